The molecule has 1 radical (unpaired) electrons. The van der Waals surface area contributed by atoms with Gasteiger partial charge in [0.25, 0.3) is 0 Å². The molecule has 0 saturated carbocycles. The Morgan fingerprint density at radius 2 is 2.07 bits per heavy atom. The molecule has 0 N–H and O–H groups in total. The van der Waals surface area contributed by atoms with Crippen LogP contribution >= 0.6 is 0 Å². The molecule has 2 rings (SSSR count). The van der Waals surface area contributed by atoms with Crippen LogP contribution in [0.4, 0.5) is 0 Å². The van der Waals surface area contributed by atoms with Crippen LogP contribution in [0.5, 0.6) is 5.75 Å². The third-order valence-electron chi connectivity index (χ3n) is 2.05. The van der Waals surface area contributed by atoms with E-state index in [1.165, 1.54) is 0 Å². The molecule has 0 amide bonds. The summed E-state index contributed by atoms with van der Waals surface area (Å²) in [6, 6.07) is 14.9. The van der Waals surface area contributed by atoms with Crippen molar-refractivity contribution in [3.8, 4) is 5.75 Å². The van der Waals surface area contributed by atoms with Gasteiger partial charge in [0.15, 0.2) is 0 Å². The highest BCUT2D eigenvalue weighted by Gasteiger charge is 1.95. The monoisotopic (exact) mass is 198 g/mol. The lowest BCUT2D eigenvalue weighted by Gasteiger charge is -2.05. The molecule has 0 atom stereocenters. The van der Waals surface area contributed by atoms with Gasteiger partial charge in [-0.3, -0.25) is 4.98 Å². The van der Waals surface area contributed by atoms with Gasteiger partial charge in [0.2, 0.25) is 0 Å². The molecule has 0 saturated heterocycles. The van der Waals surface area contributed by atoms with Crippen LogP contribution in [0.3, 0.4) is 0 Å². The molecule has 15 heavy (non-hydrogen) atoms. The molecule has 2 heteroatoms. The van der Waals surface area contributed by atoms with Crippen LogP contribution < -0.4 is 4.74 Å². The van der Waals surface area contributed by atoms with Gasteiger partial charge < -0.3 is 4.74 Å². The smallest absolute Gasteiger partial charge is 0.146 e. The van der Waals surface area contributed by atoms with Gasteiger partial charge in [-0.15, -0.1) is 0 Å². The number of rotatable bonds is 3. The van der Waals surface area contributed by atoms with Gasteiger partial charge in [-0.1, -0.05) is 30.3 Å². The van der Waals surface area contributed by atoms with Crippen molar-refractivity contribution >= 4 is 0 Å². The van der Waals surface area contributed by atoms with Crippen LogP contribution in [0.1, 0.15) is 11.3 Å². The number of benzene rings is 1. The lowest BCUT2D eigenvalue weighted by atomic mass is 10.2. The summed E-state index contributed by atoms with van der Waals surface area (Å²) < 4.78 is 5.53. The lowest BCUT2D eigenvalue weighted by Crippen LogP contribution is -1.95. The summed E-state index contributed by atoms with van der Waals surface area (Å²) in [4.78, 5) is 4.14. The van der Waals surface area contributed by atoms with Crippen molar-refractivity contribution in [3.63, 3.8) is 0 Å². The second-order valence-electron chi connectivity index (χ2n) is 3.33. The fraction of sp³-hybridized carbons (Fsp3) is 0.154. The van der Waals surface area contributed by atoms with Crippen molar-refractivity contribution < 1.29 is 4.74 Å². The average molecular weight is 198 g/mol. The number of aryl methyl sites for hydroxylation is 1. The Balaban J connectivity index is 1.96. The highest BCUT2D eigenvalue weighted by molar-refractivity contribution is 5.19. The third kappa shape index (κ3) is 2.81. The number of aromatic nitrogens is 1. The second-order valence-corrected chi connectivity index (χ2v) is 3.33. The first-order valence-electron chi connectivity index (χ1n) is 4.85. The Bertz CT molecular complexity index is 408. The maximum Gasteiger partial charge on any atom is 0.146 e. The number of hydrogen-bond acceptors (Lipinski definition) is 2. The van der Waals surface area contributed by atoms with Gasteiger partial charge in [0.05, 0.1) is 6.20 Å². The first kappa shape index (κ1) is 9.71. The number of ether oxygens (including phenoxy) is 1. The zero-order valence-corrected chi connectivity index (χ0v) is 8.60. The van der Waals surface area contributed by atoms with E-state index in [0.29, 0.717) is 12.4 Å². The minimum absolute atomic E-state index is 0.558. The molecule has 1 heterocycles. The molecule has 1 aromatic carbocycles. The van der Waals surface area contributed by atoms with Crippen LogP contribution in [0, 0.1) is 13.0 Å². The highest BCUT2D eigenvalue weighted by atomic mass is 16.5. The van der Waals surface area contributed by atoms with Gasteiger partial charge in [0, 0.05) is 11.8 Å². The molecular weight excluding hydrogens is 186 g/mol. The van der Waals surface area contributed by atoms with Crippen LogP contribution in [0.2, 0.25) is 0 Å². The van der Waals surface area contributed by atoms with Crippen molar-refractivity contribution in [2.75, 3.05) is 0 Å². The number of pyridine rings is 1. The predicted octanol–water partition coefficient (Wildman–Crippen LogP) is 2.77. The van der Waals surface area contributed by atoms with Crippen molar-refractivity contribution in [2.24, 2.45) is 0 Å². The van der Waals surface area contributed by atoms with Crippen molar-refractivity contribution in [2.45, 2.75) is 13.5 Å². The van der Waals surface area contributed by atoms with E-state index in [-0.39, 0.29) is 0 Å². The molecular formula is C13H12NO. The largest absolute Gasteiger partial charge is 0.487 e. The molecule has 0 spiro atoms. The zero-order chi connectivity index (χ0) is 10.5. The lowest BCUT2D eigenvalue weighted by molar-refractivity contribution is 0.304. The fourth-order valence-corrected chi connectivity index (χ4v) is 1.22. The number of hydrogen-bond donors (Lipinski definition) is 0. The van der Waals surface area contributed by atoms with Gasteiger partial charge >= 0.3 is 0 Å². The highest BCUT2D eigenvalue weighted by Crippen LogP contribution is 2.10. The van der Waals surface area contributed by atoms with E-state index in [1.54, 1.807) is 6.20 Å². The summed E-state index contributed by atoms with van der Waals surface area (Å²) >= 11 is 0. The summed E-state index contributed by atoms with van der Waals surface area (Å²) in [7, 11) is 0. The topological polar surface area (TPSA) is 22.1 Å². The number of nitrogens with zero attached hydrogens (tertiary/aromatic N) is 1. The van der Waals surface area contributed by atoms with Crippen LogP contribution in [-0.2, 0) is 6.61 Å². The maximum absolute atomic E-state index is 5.53. The predicted molar refractivity (Wildman–Crippen MR) is 58.6 cm³/mol. The summed E-state index contributed by atoms with van der Waals surface area (Å²) in [5.41, 5.74) is 2.09. The average Bonchev–Trinajstić information content (AvgIpc) is 2.30. The Labute approximate surface area is 89.6 Å². The molecule has 0 fully saturated rings. The molecule has 0 unspecified atom stereocenters. The molecule has 0 aliphatic rings. The van der Waals surface area contributed by atoms with E-state index >= 15 is 0 Å². The Kier molecular flexibility index (Phi) is 2.98. The van der Waals surface area contributed by atoms with Crippen molar-refractivity contribution in [3.05, 3.63) is 59.9 Å². The quantitative estimate of drug-likeness (QED) is 0.756. The van der Waals surface area contributed by atoms with Crippen molar-refractivity contribution in [1.29, 1.82) is 0 Å². The molecule has 0 bridgehead atoms. The minimum Gasteiger partial charge on any atom is -0.487 e. The molecule has 0 aliphatic heterocycles. The normalized spacial score (nSPS) is 9.93. The van der Waals surface area contributed by atoms with E-state index < -0.39 is 0 Å². The summed E-state index contributed by atoms with van der Waals surface area (Å²) in [5, 5.41) is 0. The van der Waals surface area contributed by atoms with E-state index in [9.17, 15) is 0 Å². The first-order chi connectivity index (χ1) is 7.34. The first-order valence-corrected chi connectivity index (χ1v) is 4.85. The van der Waals surface area contributed by atoms with Gasteiger partial charge in [-0.2, -0.15) is 0 Å². The standard InChI is InChI=1S/C13H12NO/c1-11-7-8-13(9-14-11)15-10-12-5-3-2-4-6-12/h2-7,9H,10H2,1H3. The summed E-state index contributed by atoms with van der Waals surface area (Å²) in [5.74, 6) is 0.685. The molecule has 75 valence electrons. The Morgan fingerprint density at radius 3 is 2.73 bits per heavy atom. The van der Waals surface area contributed by atoms with E-state index in [2.05, 4.69) is 11.1 Å². The second kappa shape index (κ2) is 4.60. The van der Waals surface area contributed by atoms with Gasteiger partial charge in [-0.05, 0) is 18.6 Å². The molecule has 2 aromatic rings. The van der Waals surface area contributed by atoms with E-state index in [0.717, 1.165) is 11.3 Å². The maximum atomic E-state index is 5.53. The van der Waals surface area contributed by atoms with E-state index in [1.807, 2.05) is 43.3 Å². The Morgan fingerprint density at radius 1 is 1.27 bits per heavy atom. The van der Waals surface area contributed by atoms with Crippen LogP contribution in [0.15, 0.2) is 42.6 Å². The molecule has 1 aromatic heterocycles. The van der Waals surface area contributed by atoms with Gasteiger partial charge in [-0.25, -0.2) is 0 Å². The molecule has 2 nitrogen and oxygen atoms in total. The molecule has 0 aliphatic carbocycles. The summed E-state index contributed by atoms with van der Waals surface area (Å²) in [6.07, 6.45) is 1.69. The van der Waals surface area contributed by atoms with E-state index in [4.69, 9.17) is 4.74 Å². The van der Waals surface area contributed by atoms with Crippen LogP contribution in [0.25, 0.3) is 0 Å². The Hall–Kier alpha value is -1.83. The summed E-state index contributed by atoms with van der Waals surface area (Å²) in [6.45, 7) is 2.49. The minimum atomic E-state index is 0.558. The zero-order valence-electron chi connectivity index (χ0n) is 8.60. The third-order valence-corrected chi connectivity index (χ3v) is 2.05. The van der Waals surface area contributed by atoms with Gasteiger partial charge in [0.1, 0.15) is 12.4 Å². The fourth-order valence-electron chi connectivity index (χ4n) is 1.22. The van der Waals surface area contributed by atoms with Crippen LogP contribution in [-0.4, -0.2) is 4.98 Å². The van der Waals surface area contributed by atoms with Crippen molar-refractivity contribution in [1.82, 2.24) is 4.98 Å². The SMILES string of the molecule is Cc1c[c]c(OCc2ccccc2)cn1.